The van der Waals surface area contributed by atoms with E-state index in [1.54, 1.807) is 0 Å². The third-order valence-electron chi connectivity index (χ3n) is 3.76. The first kappa shape index (κ1) is 23.6. The van der Waals surface area contributed by atoms with Crippen molar-refractivity contribution in [3.63, 3.8) is 0 Å². The minimum atomic E-state index is -0.572. The molecule has 0 radical (unpaired) electrons. The van der Waals surface area contributed by atoms with Gasteiger partial charge in [0.05, 0.1) is 38.2 Å². The molecule has 0 aliphatic carbocycles. The van der Waals surface area contributed by atoms with Crippen LogP contribution >= 0.6 is 67.8 Å². The molecule has 0 saturated carbocycles. The zero-order valence-corrected chi connectivity index (χ0v) is 21.6. The standard InChI is InChI=1S/C17H16I3NO7/c1-7(22)27-6-8-4-5-9(28-8)21-15-13(19)10(16(23)25-2)12(18)11(14(15)20)17(24)26-3/h8H,4-6H2,1-3H3. The van der Waals surface area contributed by atoms with E-state index in [-0.39, 0.29) is 29.8 Å². The number of benzene rings is 1. The number of rotatable bonds is 5. The molecule has 0 N–H and O–H groups in total. The van der Waals surface area contributed by atoms with Gasteiger partial charge in [-0.3, -0.25) is 4.79 Å². The fraction of sp³-hybridized carbons (Fsp3) is 0.412. The van der Waals surface area contributed by atoms with Gasteiger partial charge in [0.1, 0.15) is 12.7 Å². The van der Waals surface area contributed by atoms with Crippen LogP contribution in [0.2, 0.25) is 0 Å². The van der Waals surface area contributed by atoms with Crippen LogP contribution in [0.15, 0.2) is 4.99 Å². The van der Waals surface area contributed by atoms with Crippen LogP contribution in [-0.2, 0) is 23.7 Å². The number of nitrogens with zero attached hydrogens (tertiary/aromatic N) is 1. The van der Waals surface area contributed by atoms with Gasteiger partial charge in [0.2, 0.25) is 0 Å². The van der Waals surface area contributed by atoms with Crippen LogP contribution in [0.3, 0.4) is 0 Å². The maximum Gasteiger partial charge on any atom is 0.340 e. The summed E-state index contributed by atoms with van der Waals surface area (Å²) in [6.45, 7) is 1.49. The highest BCUT2D eigenvalue weighted by atomic mass is 127. The molecule has 1 aromatic rings. The van der Waals surface area contributed by atoms with E-state index in [1.165, 1.54) is 21.1 Å². The molecule has 1 atom stereocenters. The van der Waals surface area contributed by atoms with Crippen molar-refractivity contribution < 1.29 is 33.3 Å². The van der Waals surface area contributed by atoms with Crippen LogP contribution < -0.4 is 0 Å². The van der Waals surface area contributed by atoms with Gasteiger partial charge in [-0.05, 0) is 74.2 Å². The topological polar surface area (TPSA) is 100 Å². The van der Waals surface area contributed by atoms with Crippen molar-refractivity contribution in [3.8, 4) is 0 Å². The Bertz CT molecular complexity index is 811. The lowest BCUT2D eigenvalue weighted by Gasteiger charge is -2.15. The normalized spacial score (nSPS) is 17.2. The summed E-state index contributed by atoms with van der Waals surface area (Å²) in [5.41, 5.74) is 0.933. The molecular formula is C17H16I3NO7. The Morgan fingerprint density at radius 3 is 2.04 bits per heavy atom. The van der Waals surface area contributed by atoms with Crippen LogP contribution in [0.1, 0.15) is 40.5 Å². The average molecular weight is 727 g/mol. The van der Waals surface area contributed by atoms with Crippen molar-refractivity contribution in [2.45, 2.75) is 25.9 Å². The predicted molar refractivity (Wildman–Crippen MR) is 125 cm³/mol. The zero-order chi connectivity index (χ0) is 21.0. The Morgan fingerprint density at radius 1 is 1.04 bits per heavy atom. The predicted octanol–water partition coefficient (Wildman–Crippen LogP) is 3.85. The monoisotopic (exact) mass is 727 g/mol. The maximum atomic E-state index is 12.3. The summed E-state index contributed by atoms with van der Waals surface area (Å²) in [6, 6.07) is 0. The summed E-state index contributed by atoms with van der Waals surface area (Å²) < 4.78 is 22.0. The highest BCUT2D eigenvalue weighted by Crippen LogP contribution is 2.38. The van der Waals surface area contributed by atoms with Gasteiger partial charge >= 0.3 is 17.9 Å². The van der Waals surface area contributed by atoms with Crippen LogP contribution in [0.5, 0.6) is 0 Å². The van der Waals surface area contributed by atoms with Gasteiger partial charge in [-0.2, -0.15) is 0 Å². The van der Waals surface area contributed by atoms with E-state index in [1.807, 2.05) is 67.8 Å². The second kappa shape index (κ2) is 10.4. The highest BCUT2D eigenvalue weighted by molar-refractivity contribution is 14.1. The molecule has 1 aromatic carbocycles. The number of hydrogen-bond acceptors (Lipinski definition) is 8. The molecule has 1 aliphatic heterocycles. The lowest BCUT2D eigenvalue weighted by atomic mass is 10.1. The van der Waals surface area contributed by atoms with Crippen molar-refractivity contribution in [3.05, 3.63) is 21.8 Å². The first-order valence-electron chi connectivity index (χ1n) is 7.95. The van der Waals surface area contributed by atoms with Crippen molar-refractivity contribution in [1.82, 2.24) is 0 Å². The molecular weight excluding hydrogens is 711 g/mol. The van der Waals surface area contributed by atoms with Crippen molar-refractivity contribution in [2.24, 2.45) is 4.99 Å². The fourth-order valence-corrected chi connectivity index (χ4v) is 6.73. The minimum absolute atomic E-state index is 0.149. The van der Waals surface area contributed by atoms with E-state index in [0.717, 1.165) is 0 Å². The van der Waals surface area contributed by atoms with E-state index in [2.05, 4.69) is 4.99 Å². The Labute approximate surface area is 202 Å². The Balaban J connectivity index is 2.50. The van der Waals surface area contributed by atoms with Gasteiger partial charge < -0.3 is 18.9 Å². The van der Waals surface area contributed by atoms with Gasteiger partial charge in [0.15, 0.2) is 5.90 Å². The quantitative estimate of drug-likeness (QED) is 0.258. The Morgan fingerprint density at radius 2 is 1.57 bits per heavy atom. The number of hydrogen-bond donors (Lipinski definition) is 0. The molecule has 0 bridgehead atoms. The Kier molecular flexibility index (Phi) is 8.72. The van der Waals surface area contributed by atoms with Crippen LogP contribution in [0.25, 0.3) is 0 Å². The van der Waals surface area contributed by atoms with Crippen LogP contribution in [0, 0.1) is 10.7 Å². The van der Waals surface area contributed by atoms with Crippen molar-refractivity contribution in [1.29, 1.82) is 0 Å². The SMILES string of the molecule is COC(=O)c1c(I)c(N=C2CCC(COC(C)=O)O2)c(I)c(C(=O)OC)c1I. The smallest absolute Gasteiger partial charge is 0.340 e. The average Bonchev–Trinajstić information content (AvgIpc) is 3.10. The van der Waals surface area contributed by atoms with Crippen molar-refractivity contribution >= 4 is 97.3 Å². The third kappa shape index (κ3) is 5.25. The lowest BCUT2D eigenvalue weighted by molar-refractivity contribution is -0.143. The van der Waals surface area contributed by atoms with Crippen LogP contribution in [0.4, 0.5) is 5.69 Å². The zero-order valence-electron chi connectivity index (χ0n) is 15.1. The molecule has 2 rings (SSSR count). The molecule has 1 fully saturated rings. The van der Waals surface area contributed by atoms with Crippen molar-refractivity contribution in [2.75, 3.05) is 20.8 Å². The van der Waals surface area contributed by atoms with Gasteiger partial charge in [-0.15, -0.1) is 0 Å². The van der Waals surface area contributed by atoms with Crippen LogP contribution in [-0.4, -0.2) is 50.7 Å². The summed E-state index contributed by atoms with van der Waals surface area (Å²) in [5, 5.41) is 0. The van der Waals surface area contributed by atoms with E-state index >= 15 is 0 Å². The van der Waals surface area contributed by atoms with E-state index in [9.17, 15) is 14.4 Å². The Hall–Kier alpha value is -0.710. The van der Waals surface area contributed by atoms with Gasteiger partial charge in [-0.25, -0.2) is 14.6 Å². The molecule has 0 amide bonds. The summed E-state index contributed by atoms with van der Waals surface area (Å²) in [7, 11) is 2.55. The molecule has 152 valence electrons. The molecule has 0 aromatic heterocycles. The summed E-state index contributed by atoms with van der Waals surface area (Å²) >= 11 is 5.94. The lowest BCUT2D eigenvalue weighted by Crippen LogP contribution is -2.17. The number of esters is 3. The number of carbonyl (C=O) groups excluding carboxylic acids is 3. The van der Waals surface area contributed by atoms with Gasteiger partial charge in [0, 0.05) is 16.9 Å². The van der Waals surface area contributed by atoms with Gasteiger partial charge in [-0.1, -0.05) is 0 Å². The summed E-state index contributed by atoms with van der Waals surface area (Å²) in [4.78, 5) is 40.1. The summed E-state index contributed by atoms with van der Waals surface area (Å²) in [5.74, 6) is -1.07. The number of methoxy groups -OCH3 is 2. The first-order chi connectivity index (χ1) is 13.2. The second-order valence-electron chi connectivity index (χ2n) is 5.61. The molecule has 1 saturated heterocycles. The molecule has 0 spiro atoms. The number of ether oxygens (including phenoxy) is 4. The largest absolute Gasteiger partial charge is 0.474 e. The van der Waals surface area contributed by atoms with Gasteiger partial charge in [0.25, 0.3) is 0 Å². The molecule has 28 heavy (non-hydrogen) atoms. The van der Waals surface area contributed by atoms with E-state index in [0.29, 0.717) is 35.1 Å². The minimum Gasteiger partial charge on any atom is -0.474 e. The summed E-state index contributed by atoms with van der Waals surface area (Å²) in [6.07, 6.45) is 0.921. The molecule has 1 heterocycles. The van der Waals surface area contributed by atoms with E-state index in [4.69, 9.17) is 18.9 Å². The first-order valence-corrected chi connectivity index (χ1v) is 11.2. The number of halogens is 3. The second-order valence-corrected chi connectivity index (χ2v) is 8.85. The van der Waals surface area contributed by atoms with E-state index < -0.39 is 11.9 Å². The number of carbonyl (C=O) groups is 3. The highest BCUT2D eigenvalue weighted by Gasteiger charge is 2.30. The fourth-order valence-electron chi connectivity index (χ4n) is 2.44. The third-order valence-corrected chi connectivity index (χ3v) is 6.94. The molecule has 1 aliphatic rings. The molecule has 1 unspecified atom stereocenters. The molecule has 8 nitrogen and oxygen atoms in total. The number of aliphatic imine (C=N–C) groups is 1. The maximum absolute atomic E-state index is 12.3. The molecule has 11 heteroatoms.